The summed E-state index contributed by atoms with van der Waals surface area (Å²) in [4.78, 5) is 17.2. The summed E-state index contributed by atoms with van der Waals surface area (Å²) in [5.74, 6) is 0. The van der Waals surface area contributed by atoms with E-state index in [0.717, 1.165) is 11.7 Å². The Morgan fingerprint density at radius 2 is 2.33 bits per heavy atom. The molecule has 0 saturated heterocycles. The highest BCUT2D eigenvalue weighted by atomic mass is 35.5. The van der Waals surface area contributed by atoms with Crippen molar-refractivity contribution in [2.24, 2.45) is 0 Å². The van der Waals surface area contributed by atoms with Crippen molar-refractivity contribution in [2.45, 2.75) is 0 Å². The van der Waals surface area contributed by atoms with Crippen LogP contribution in [0.2, 0.25) is 5.15 Å². The van der Waals surface area contributed by atoms with Crippen molar-refractivity contribution in [1.82, 2.24) is 9.97 Å². The SMILES string of the molecule is O=Cc1cnc2[nH]c(Cl)cc2c1. The molecule has 4 heteroatoms. The monoisotopic (exact) mass is 180 g/mol. The van der Waals surface area contributed by atoms with Gasteiger partial charge in [0.15, 0.2) is 6.29 Å². The molecule has 0 spiro atoms. The number of nitrogens with zero attached hydrogens (tertiary/aromatic N) is 1. The van der Waals surface area contributed by atoms with Crippen molar-refractivity contribution < 1.29 is 4.79 Å². The lowest BCUT2D eigenvalue weighted by Crippen LogP contribution is -1.81. The van der Waals surface area contributed by atoms with E-state index in [2.05, 4.69) is 9.97 Å². The van der Waals surface area contributed by atoms with Crippen LogP contribution in [0, 0.1) is 0 Å². The van der Waals surface area contributed by atoms with Gasteiger partial charge in [0.05, 0.1) is 0 Å². The standard InChI is InChI=1S/C8H5ClN2O/c9-7-2-6-1-5(4-12)3-10-8(6)11-7/h1-4H,(H,10,11). The number of pyridine rings is 1. The predicted molar refractivity (Wildman–Crippen MR) is 46.5 cm³/mol. The Morgan fingerprint density at radius 1 is 1.50 bits per heavy atom. The normalized spacial score (nSPS) is 10.4. The van der Waals surface area contributed by atoms with Crippen molar-refractivity contribution in [3.05, 3.63) is 29.0 Å². The van der Waals surface area contributed by atoms with E-state index in [1.807, 2.05) is 0 Å². The molecule has 0 aliphatic rings. The van der Waals surface area contributed by atoms with Crippen LogP contribution in [-0.2, 0) is 0 Å². The Labute approximate surface area is 73.4 Å². The lowest BCUT2D eigenvalue weighted by atomic mass is 10.2. The molecule has 0 aliphatic heterocycles. The van der Waals surface area contributed by atoms with E-state index in [1.165, 1.54) is 6.20 Å². The molecule has 0 bridgehead atoms. The smallest absolute Gasteiger partial charge is 0.151 e. The number of halogens is 1. The summed E-state index contributed by atoms with van der Waals surface area (Å²) >= 11 is 5.69. The molecule has 12 heavy (non-hydrogen) atoms. The van der Waals surface area contributed by atoms with Crippen LogP contribution in [0.4, 0.5) is 0 Å². The molecule has 60 valence electrons. The maximum absolute atomic E-state index is 10.4. The number of carbonyl (C=O) groups is 1. The van der Waals surface area contributed by atoms with E-state index >= 15 is 0 Å². The highest BCUT2D eigenvalue weighted by molar-refractivity contribution is 6.30. The van der Waals surface area contributed by atoms with Crippen LogP contribution in [-0.4, -0.2) is 16.3 Å². The van der Waals surface area contributed by atoms with Gasteiger partial charge in [0.2, 0.25) is 0 Å². The van der Waals surface area contributed by atoms with Crippen LogP contribution in [0.3, 0.4) is 0 Å². The van der Waals surface area contributed by atoms with E-state index in [-0.39, 0.29) is 0 Å². The van der Waals surface area contributed by atoms with Gasteiger partial charge in [0.1, 0.15) is 10.8 Å². The molecule has 0 fully saturated rings. The van der Waals surface area contributed by atoms with Gasteiger partial charge in [-0.25, -0.2) is 4.98 Å². The number of fused-ring (bicyclic) bond motifs is 1. The predicted octanol–water partition coefficient (Wildman–Crippen LogP) is 2.03. The molecule has 0 aliphatic carbocycles. The third kappa shape index (κ3) is 1.08. The number of hydrogen-bond donors (Lipinski definition) is 1. The topological polar surface area (TPSA) is 45.8 Å². The lowest BCUT2D eigenvalue weighted by Gasteiger charge is -1.88. The van der Waals surface area contributed by atoms with Gasteiger partial charge in [-0.2, -0.15) is 0 Å². The minimum Gasteiger partial charge on any atom is -0.330 e. The van der Waals surface area contributed by atoms with E-state index in [0.29, 0.717) is 16.4 Å². The van der Waals surface area contributed by atoms with E-state index in [1.54, 1.807) is 12.1 Å². The van der Waals surface area contributed by atoms with Gasteiger partial charge in [-0.15, -0.1) is 0 Å². The summed E-state index contributed by atoms with van der Waals surface area (Å²) in [6.07, 6.45) is 2.26. The van der Waals surface area contributed by atoms with E-state index in [9.17, 15) is 4.79 Å². The number of aldehydes is 1. The number of H-pyrrole nitrogens is 1. The first kappa shape index (κ1) is 7.31. The molecular formula is C8H5ClN2O. The molecule has 0 unspecified atom stereocenters. The number of nitrogens with one attached hydrogen (secondary N) is 1. The van der Waals surface area contributed by atoms with E-state index < -0.39 is 0 Å². The van der Waals surface area contributed by atoms with Crippen molar-refractivity contribution in [1.29, 1.82) is 0 Å². The van der Waals surface area contributed by atoms with Gasteiger partial charge in [-0.05, 0) is 12.1 Å². The first-order valence-corrected chi connectivity index (χ1v) is 3.77. The van der Waals surface area contributed by atoms with Gasteiger partial charge in [-0.1, -0.05) is 11.6 Å². The van der Waals surface area contributed by atoms with Crippen LogP contribution in [0.25, 0.3) is 11.0 Å². The molecule has 1 N–H and O–H groups in total. The summed E-state index contributed by atoms with van der Waals surface area (Å²) < 4.78 is 0. The lowest BCUT2D eigenvalue weighted by molar-refractivity contribution is 0.112. The van der Waals surface area contributed by atoms with E-state index in [4.69, 9.17) is 11.6 Å². The average Bonchev–Trinajstić information content (AvgIpc) is 2.43. The Bertz CT molecular complexity index is 436. The molecule has 2 aromatic heterocycles. The second-order valence-electron chi connectivity index (χ2n) is 2.44. The molecule has 0 amide bonds. The zero-order valence-electron chi connectivity index (χ0n) is 6.04. The molecule has 2 heterocycles. The second-order valence-corrected chi connectivity index (χ2v) is 2.85. The van der Waals surface area contributed by atoms with Gasteiger partial charge in [0.25, 0.3) is 0 Å². The minimum absolute atomic E-state index is 0.528. The van der Waals surface area contributed by atoms with Crippen molar-refractivity contribution in [3.8, 4) is 0 Å². The molecule has 2 aromatic rings. The van der Waals surface area contributed by atoms with Crippen molar-refractivity contribution >= 4 is 28.9 Å². The fraction of sp³-hybridized carbons (Fsp3) is 0. The van der Waals surface area contributed by atoms with Crippen LogP contribution in [0.1, 0.15) is 10.4 Å². The molecule has 0 radical (unpaired) electrons. The third-order valence-electron chi connectivity index (χ3n) is 1.59. The zero-order valence-corrected chi connectivity index (χ0v) is 6.80. The molecule has 3 nitrogen and oxygen atoms in total. The van der Waals surface area contributed by atoms with Crippen LogP contribution in [0.15, 0.2) is 18.3 Å². The average molecular weight is 181 g/mol. The summed E-state index contributed by atoms with van der Waals surface area (Å²) in [6.45, 7) is 0. The van der Waals surface area contributed by atoms with Gasteiger partial charge in [0, 0.05) is 17.1 Å². The van der Waals surface area contributed by atoms with Gasteiger partial charge < -0.3 is 4.98 Å². The number of aromatic nitrogens is 2. The number of rotatable bonds is 1. The summed E-state index contributed by atoms with van der Waals surface area (Å²) in [5, 5.41) is 1.38. The molecule has 2 rings (SSSR count). The maximum Gasteiger partial charge on any atom is 0.151 e. The van der Waals surface area contributed by atoms with Crippen LogP contribution >= 0.6 is 11.6 Å². The third-order valence-corrected chi connectivity index (χ3v) is 1.80. The summed E-state index contributed by atoms with van der Waals surface area (Å²) in [5.41, 5.74) is 1.25. The Hall–Kier alpha value is -1.35. The van der Waals surface area contributed by atoms with Gasteiger partial charge in [-0.3, -0.25) is 4.79 Å². The van der Waals surface area contributed by atoms with Crippen LogP contribution < -0.4 is 0 Å². The van der Waals surface area contributed by atoms with Crippen molar-refractivity contribution in [3.63, 3.8) is 0 Å². The first-order valence-electron chi connectivity index (χ1n) is 3.39. The molecule has 0 saturated carbocycles. The minimum atomic E-state index is 0.528. The first-order chi connectivity index (χ1) is 5.79. The highest BCUT2D eigenvalue weighted by Gasteiger charge is 1.99. The Balaban J connectivity index is 2.74. The second kappa shape index (κ2) is 2.60. The summed E-state index contributed by atoms with van der Waals surface area (Å²) in [6, 6.07) is 3.47. The quantitative estimate of drug-likeness (QED) is 0.683. The maximum atomic E-state index is 10.4. The number of aromatic amines is 1. The summed E-state index contributed by atoms with van der Waals surface area (Å²) in [7, 11) is 0. The van der Waals surface area contributed by atoms with Crippen molar-refractivity contribution in [2.75, 3.05) is 0 Å². The molecule has 0 atom stereocenters. The van der Waals surface area contributed by atoms with Crippen LogP contribution in [0.5, 0.6) is 0 Å². The Morgan fingerprint density at radius 3 is 3.08 bits per heavy atom. The number of hydrogen-bond acceptors (Lipinski definition) is 2. The highest BCUT2D eigenvalue weighted by Crippen LogP contribution is 2.16. The fourth-order valence-electron chi connectivity index (χ4n) is 1.06. The fourth-order valence-corrected chi connectivity index (χ4v) is 1.27. The zero-order chi connectivity index (χ0) is 8.55. The Kier molecular flexibility index (Phi) is 1.59. The molecular weight excluding hydrogens is 176 g/mol. The largest absolute Gasteiger partial charge is 0.330 e. The van der Waals surface area contributed by atoms with Gasteiger partial charge >= 0.3 is 0 Å². The number of carbonyl (C=O) groups excluding carboxylic acids is 1. The molecule has 0 aromatic carbocycles.